The van der Waals surface area contributed by atoms with Crippen molar-refractivity contribution in [3.05, 3.63) is 0 Å². The molecule has 0 saturated heterocycles. The van der Waals surface area contributed by atoms with Gasteiger partial charge in [0, 0.05) is 0 Å². The normalized spacial score (nSPS) is 14.1. The van der Waals surface area contributed by atoms with Gasteiger partial charge >= 0.3 is 6.09 Å². The van der Waals surface area contributed by atoms with Crippen LogP contribution < -0.4 is 0 Å². The summed E-state index contributed by atoms with van der Waals surface area (Å²) in [6.45, 7) is 11.6. The Labute approximate surface area is 121 Å². The molecular weight excluding hydrogens is 262 g/mol. The van der Waals surface area contributed by atoms with E-state index >= 15 is 0 Å². The summed E-state index contributed by atoms with van der Waals surface area (Å²) in [4.78, 5) is 14.9. The predicted molar refractivity (Wildman–Crippen MR) is 81.8 cm³/mol. The second-order valence-electron chi connectivity index (χ2n) is 5.79. The van der Waals surface area contributed by atoms with Crippen LogP contribution in [0, 0.1) is 11.3 Å². The SMILES string of the molecule is CCOC(=O)/N=C(\OCCC(C)CC(C)(C)C)SC. The van der Waals surface area contributed by atoms with E-state index < -0.39 is 6.09 Å². The molecule has 19 heavy (non-hydrogen) atoms. The summed E-state index contributed by atoms with van der Waals surface area (Å²) >= 11 is 1.32. The summed E-state index contributed by atoms with van der Waals surface area (Å²) in [6.07, 6.45) is 3.35. The van der Waals surface area contributed by atoms with Crippen molar-refractivity contribution >= 4 is 23.1 Å². The van der Waals surface area contributed by atoms with E-state index in [9.17, 15) is 4.79 Å². The third-order valence-electron chi connectivity index (χ3n) is 2.42. The molecule has 5 heteroatoms. The molecule has 1 atom stereocenters. The molecule has 1 unspecified atom stereocenters. The van der Waals surface area contributed by atoms with Gasteiger partial charge in [-0.05, 0) is 37.4 Å². The Bertz CT molecular complexity index is 298. The number of aliphatic imine (C=N–C) groups is 1. The molecule has 0 aliphatic carbocycles. The predicted octanol–water partition coefficient (Wildman–Crippen LogP) is 4.34. The molecule has 0 bridgehead atoms. The number of hydrogen-bond acceptors (Lipinski definition) is 4. The quantitative estimate of drug-likeness (QED) is 0.558. The molecule has 0 aromatic rings. The van der Waals surface area contributed by atoms with E-state index in [4.69, 9.17) is 9.47 Å². The molecule has 112 valence electrons. The van der Waals surface area contributed by atoms with Crippen molar-refractivity contribution in [3.63, 3.8) is 0 Å². The summed E-state index contributed by atoms with van der Waals surface area (Å²) in [5.41, 5.74) is 0.334. The number of rotatable bonds is 5. The molecule has 0 aliphatic rings. The van der Waals surface area contributed by atoms with Crippen molar-refractivity contribution in [2.75, 3.05) is 19.5 Å². The van der Waals surface area contributed by atoms with Gasteiger partial charge in [0.2, 0.25) is 0 Å². The van der Waals surface area contributed by atoms with E-state index in [2.05, 4.69) is 32.7 Å². The first-order valence-corrected chi connectivity index (χ1v) is 7.93. The minimum Gasteiger partial charge on any atom is -0.473 e. The zero-order chi connectivity index (χ0) is 14.9. The van der Waals surface area contributed by atoms with Crippen molar-refractivity contribution in [2.45, 2.75) is 47.5 Å². The fourth-order valence-electron chi connectivity index (χ4n) is 1.86. The van der Waals surface area contributed by atoms with Crippen molar-refractivity contribution in [2.24, 2.45) is 16.3 Å². The third kappa shape index (κ3) is 10.9. The summed E-state index contributed by atoms with van der Waals surface area (Å²) in [7, 11) is 0. The average Bonchev–Trinajstić information content (AvgIpc) is 2.25. The van der Waals surface area contributed by atoms with E-state index in [1.165, 1.54) is 11.8 Å². The van der Waals surface area contributed by atoms with E-state index in [1.807, 2.05) is 6.26 Å². The Morgan fingerprint density at radius 2 is 1.95 bits per heavy atom. The maximum Gasteiger partial charge on any atom is 0.437 e. The van der Waals surface area contributed by atoms with Gasteiger partial charge in [-0.25, -0.2) is 4.79 Å². The Kier molecular flexibility index (Phi) is 8.89. The highest BCUT2D eigenvalue weighted by Gasteiger charge is 2.15. The third-order valence-corrected chi connectivity index (χ3v) is 2.98. The van der Waals surface area contributed by atoms with Gasteiger partial charge in [0.1, 0.15) is 0 Å². The lowest BCUT2D eigenvalue weighted by molar-refractivity contribution is 0.162. The summed E-state index contributed by atoms with van der Waals surface area (Å²) in [5.74, 6) is 0.589. The van der Waals surface area contributed by atoms with Gasteiger partial charge in [-0.1, -0.05) is 39.5 Å². The molecule has 0 aliphatic heterocycles. The molecule has 1 amide bonds. The maximum absolute atomic E-state index is 11.2. The van der Waals surface area contributed by atoms with Gasteiger partial charge in [0.15, 0.2) is 0 Å². The minimum atomic E-state index is -0.588. The van der Waals surface area contributed by atoms with Crippen LogP contribution in [0.15, 0.2) is 4.99 Å². The summed E-state index contributed by atoms with van der Waals surface area (Å²) < 4.78 is 10.3. The topological polar surface area (TPSA) is 47.9 Å². The zero-order valence-electron chi connectivity index (χ0n) is 13.0. The van der Waals surface area contributed by atoms with Crippen LogP contribution in [0.4, 0.5) is 4.79 Å². The van der Waals surface area contributed by atoms with Crippen LogP contribution >= 0.6 is 11.8 Å². The number of carbonyl (C=O) groups is 1. The number of carbonyl (C=O) groups excluding carboxylic acids is 1. The molecule has 0 N–H and O–H groups in total. The Hall–Kier alpha value is -0.710. The lowest BCUT2D eigenvalue weighted by Crippen LogP contribution is -2.14. The zero-order valence-corrected chi connectivity index (χ0v) is 13.8. The van der Waals surface area contributed by atoms with Crippen LogP contribution in [0.2, 0.25) is 0 Å². The van der Waals surface area contributed by atoms with E-state index in [0.29, 0.717) is 29.8 Å². The summed E-state index contributed by atoms with van der Waals surface area (Å²) in [6, 6.07) is 0. The molecule has 0 saturated carbocycles. The van der Waals surface area contributed by atoms with Gasteiger partial charge in [-0.15, -0.1) is 4.99 Å². The lowest BCUT2D eigenvalue weighted by Gasteiger charge is -2.23. The number of hydrogen-bond donors (Lipinski definition) is 0. The first kappa shape index (κ1) is 18.3. The second-order valence-corrected chi connectivity index (χ2v) is 6.55. The minimum absolute atomic E-state index is 0.326. The second kappa shape index (κ2) is 9.23. The number of thioether (sulfide) groups is 1. The van der Waals surface area contributed by atoms with Crippen molar-refractivity contribution < 1.29 is 14.3 Å². The van der Waals surface area contributed by atoms with Crippen LogP contribution in [0.3, 0.4) is 0 Å². The molecular formula is C14H27NO3S. The largest absolute Gasteiger partial charge is 0.473 e. The number of nitrogens with zero attached hydrogens (tertiary/aromatic N) is 1. The molecule has 0 rings (SSSR count). The summed E-state index contributed by atoms with van der Waals surface area (Å²) in [5, 5.41) is 0.376. The molecule has 4 nitrogen and oxygen atoms in total. The number of amides is 1. The first-order valence-electron chi connectivity index (χ1n) is 6.70. The van der Waals surface area contributed by atoms with Gasteiger partial charge < -0.3 is 9.47 Å². The van der Waals surface area contributed by atoms with Gasteiger partial charge in [-0.2, -0.15) is 0 Å². The maximum atomic E-state index is 11.2. The Morgan fingerprint density at radius 1 is 1.32 bits per heavy atom. The highest BCUT2D eigenvalue weighted by Crippen LogP contribution is 2.25. The molecule has 0 aromatic carbocycles. The van der Waals surface area contributed by atoms with E-state index in [-0.39, 0.29) is 0 Å². The van der Waals surface area contributed by atoms with Crippen LogP contribution in [-0.4, -0.2) is 30.8 Å². The smallest absolute Gasteiger partial charge is 0.437 e. The van der Waals surface area contributed by atoms with Gasteiger partial charge in [0.25, 0.3) is 5.23 Å². The Morgan fingerprint density at radius 3 is 2.42 bits per heavy atom. The Balaban J connectivity index is 4.05. The van der Waals surface area contributed by atoms with Crippen LogP contribution in [0.25, 0.3) is 0 Å². The standard InChI is InChI=1S/C14H27NO3S/c1-7-17-12(16)15-13(19-6)18-9-8-11(2)10-14(3,4)5/h11H,7-10H2,1-6H3/b15-13+. The van der Waals surface area contributed by atoms with Gasteiger partial charge in [-0.3, -0.25) is 0 Å². The first-order chi connectivity index (χ1) is 8.78. The molecule has 0 fully saturated rings. The van der Waals surface area contributed by atoms with E-state index in [1.54, 1.807) is 6.92 Å². The van der Waals surface area contributed by atoms with Gasteiger partial charge in [0.05, 0.1) is 13.2 Å². The van der Waals surface area contributed by atoms with Crippen molar-refractivity contribution in [1.82, 2.24) is 0 Å². The highest BCUT2D eigenvalue weighted by atomic mass is 32.2. The lowest BCUT2D eigenvalue weighted by atomic mass is 9.84. The number of ether oxygens (including phenoxy) is 2. The molecule has 0 radical (unpaired) electrons. The molecule has 0 spiro atoms. The van der Waals surface area contributed by atoms with Crippen LogP contribution in [0.1, 0.15) is 47.5 Å². The fraction of sp³-hybridized carbons (Fsp3) is 0.857. The highest BCUT2D eigenvalue weighted by molar-refractivity contribution is 8.13. The fourth-order valence-corrected chi connectivity index (χ4v) is 2.23. The average molecular weight is 289 g/mol. The molecule has 0 heterocycles. The van der Waals surface area contributed by atoms with Crippen LogP contribution in [-0.2, 0) is 9.47 Å². The van der Waals surface area contributed by atoms with E-state index in [0.717, 1.165) is 12.8 Å². The van der Waals surface area contributed by atoms with Crippen molar-refractivity contribution in [3.8, 4) is 0 Å². The van der Waals surface area contributed by atoms with Crippen molar-refractivity contribution in [1.29, 1.82) is 0 Å². The molecule has 0 aromatic heterocycles. The monoisotopic (exact) mass is 289 g/mol. The van der Waals surface area contributed by atoms with Crippen LogP contribution in [0.5, 0.6) is 0 Å².